The van der Waals surface area contributed by atoms with Crippen molar-refractivity contribution < 1.29 is 18.3 Å². The van der Waals surface area contributed by atoms with Crippen molar-refractivity contribution in [3.8, 4) is 33.5 Å². The molecule has 0 N–H and O–H groups in total. The van der Waals surface area contributed by atoms with E-state index in [1.807, 2.05) is 12.1 Å². The fraction of sp³-hybridized carbons (Fsp3) is 0.111. The van der Waals surface area contributed by atoms with Gasteiger partial charge in [-0.25, -0.2) is 23.5 Å². The number of nitrogens with zero attached hydrogens (tertiary/aromatic N) is 4. The highest BCUT2D eigenvalue weighted by Gasteiger charge is 2.26. The highest BCUT2D eigenvalue weighted by molar-refractivity contribution is 6.06. The van der Waals surface area contributed by atoms with Crippen molar-refractivity contribution in [2.75, 3.05) is 6.61 Å². The van der Waals surface area contributed by atoms with E-state index >= 15 is 0 Å². The number of ether oxygens (including phenoxy) is 1. The fourth-order valence-electron chi connectivity index (χ4n) is 4.13. The van der Waals surface area contributed by atoms with Gasteiger partial charge in [0.15, 0.2) is 5.65 Å². The molecule has 3 heterocycles. The number of carbonyl (C=O) groups is 1. The SMILES string of the molecule is CCOC(=O)c1nc2nc(-c3ccc(F)cc3)c(-c3ccncc3)c(-c3ccc(F)cc3)c2n1C. The highest BCUT2D eigenvalue weighted by Crippen LogP contribution is 2.43. The second kappa shape index (κ2) is 9.06. The van der Waals surface area contributed by atoms with Crippen LogP contribution in [0.15, 0.2) is 73.1 Å². The largest absolute Gasteiger partial charge is 0.460 e. The Morgan fingerprint density at radius 1 is 0.829 bits per heavy atom. The van der Waals surface area contributed by atoms with Gasteiger partial charge in [0.05, 0.1) is 17.8 Å². The van der Waals surface area contributed by atoms with Gasteiger partial charge in [-0.2, -0.15) is 0 Å². The van der Waals surface area contributed by atoms with Crippen molar-refractivity contribution in [2.45, 2.75) is 6.92 Å². The van der Waals surface area contributed by atoms with Gasteiger partial charge in [-0.15, -0.1) is 0 Å². The van der Waals surface area contributed by atoms with Crippen LogP contribution in [0.3, 0.4) is 0 Å². The third kappa shape index (κ3) is 4.03. The molecule has 5 rings (SSSR count). The number of hydrogen-bond donors (Lipinski definition) is 0. The van der Waals surface area contributed by atoms with Gasteiger partial charge in [-0.05, 0) is 66.6 Å². The van der Waals surface area contributed by atoms with Crippen LogP contribution in [0.5, 0.6) is 0 Å². The van der Waals surface area contributed by atoms with Gasteiger partial charge < -0.3 is 9.30 Å². The van der Waals surface area contributed by atoms with Crippen molar-refractivity contribution in [3.63, 3.8) is 0 Å². The summed E-state index contributed by atoms with van der Waals surface area (Å²) in [6.45, 7) is 1.92. The number of halogens is 2. The van der Waals surface area contributed by atoms with Crippen LogP contribution in [0, 0.1) is 11.6 Å². The summed E-state index contributed by atoms with van der Waals surface area (Å²) in [5, 5.41) is 0. The van der Waals surface area contributed by atoms with E-state index in [1.54, 1.807) is 55.2 Å². The third-order valence-electron chi connectivity index (χ3n) is 5.70. The van der Waals surface area contributed by atoms with Gasteiger partial charge in [-0.1, -0.05) is 12.1 Å². The molecule has 0 bridgehead atoms. The maximum atomic E-state index is 13.9. The molecule has 3 aromatic heterocycles. The van der Waals surface area contributed by atoms with Crippen LogP contribution in [0.1, 0.15) is 17.5 Å². The van der Waals surface area contributed by atoms with Crippen molar-refractivity contribution in [1.29, 1.82) is 0 Å². The number of imidazole rings is 1. The van der Waals surface area contributed by atoms with Gasteiger partial charge in [-0.3, -0.25) is 4.98 Å². The molecule has 0 amide bonds. The minimum Gasteiger partial charge on any atom is -0.460 e. The Kier molecular flexibility index (Phi) is 5.78. The summed E-state index contributed by atoms with van der Waals surface area (Å²) in [5.41, 5.74) is 5.01. The van der Waals surface area contributed by atoms with Gasteiger partial charge in [0.2, 0.25) is 5.82 Å². The van der Waals surface area contributed by atoms with E-state index in [0.717, 1.165) is 11.1 Å². The lowest BCUT2D eigenvalue weighted by Crippen LogP contribution is -2.11. The molecule has 5 aromatic rings. The molecule has 0 unspecified atom stereocenters. The molecular formula is C27H20F2N4O2. The molecule has 0 saturated carbocycles. The predicted octanol–water partition coefficient (Wildman–Crippen LogP) is 5.82. The number of aryl methyl sites for hydroxylation is 1. The van der Waals surface area contributed by atoms with E-state index < -0.39 is 5.97 Å². The van der Waals surface area contributed by atoms with Gasteiger partial charge in [0.25, 0.3) is 0 Å². The first-order valence-corrected chi connectivity index (χ1v) is 11.0. The molecule has 0 spiro atoms. The van der Waals surface area contributed by atoms with E-state index in [0.29, 0.717) is 33.5 Å². The van der Waals surface area contributed by atoms with E-state index in [1.165, 1.54) is 24.3 Å². The normalized spacial score (nSPS) is 11.1. The number of carbonyl (C=O) groups excluding carboxylic acids is 1. The second-order valence-electron chi connectivity index (χ2n) is 7.85. The first kappa shape index (κ1) is 22.3. The van der Waals surface area contributed by atoms with Crippen molar-refractivity contribution >= 4 is 17.1 Å². The van der Waals surface area contributed by atoms with Crippen molar-refractivity contribution in [3.05, 3.63) is 90.5 Å². The maximum absolute atomic E-state index is 13.9. The van der Waals surface area contributed by atoms with Crippen molar-refractivity contribution in [2.24, 2.45) is 7.05 Å². The predicted molar refractivity (Wildman–Crippen MR) is 128 cm³/mol. The molecular weight excluding hydrogens is 450 g/mol. The molecule has 0 aliphatic heterocycles. The lowest BCUT2D eigenvalue weighted by molar-refractivity contribution is 0.0508. The molecule has 0 aliphatic carbocycles. The van der Waals surface area contributed by atoms with Gasteiger partial charge in [0, 0.05) is 36.1 Å². The molecule has 8 heteroatoms. The molecule has 6 nitrogen and oxygen atoms in total. The summed E-state index contributed by atoms with van der Waals surface area (Å²) in [6, 6.07) is 15.7. The minimum absolute atomic E-state index is 0.0923. The van der Waals surface area contributed by atoms with Gasteiger partial charge in [0.1, 0.15) is 11.6 Å². The number of hydrogen-bond acceptors (Lipinski definition) is 5. The zero-order valence-electron chi connectivity index (χ0n) is 19.0. The average Bonchev–Trinajstić information content (AvgIpc) is 3.21. The Hall–Kier alpha value is -4.46. The Morgan fingerprint density at radius 3 is 2.00 bits per heavy atom. The summed E-state index contributed by atoms with van der Waals surface area (Å²) in [4.78, 5) is 26.1. The monoisotopic (exact) mass is 470 g/mol. The Morgan fingerprint density at radius 2 is 1.40 bits per heavy atom. The maximum Gasteiger partial charge on any atom is 0.374 e. The summed E-state index contributed by atoms with van der Waals surface area (Å²) in [7, 11) is 1.71. The molecule has 0 fully saturated rings. The number of aromatic nitrogens is 4. The summed E-state index contributed by atoms with van der Waals surface area (Å²) < 4.78 is 34.4. The van der Waals surface area contributed by atoms with E-state index in [2.05, 4.69) is 9.97 Å². The molecule has 35 heavy (non-hydrogen) atoms. The smallest absolute Gasteiger partial charge is 0.374 e. The number of fused-ring (bicyclic) bond motifs is 1. The van der Waals surface area contributed by atoms with Crippen LogP contribution in [-0.2, 0) is 11.8 Å². The standard InChI is InChI=1S/C27H20F2N4O2/c1-3-35-27(34)26-32-25-24(33(26)2)22(16-4-8-19(28)9-5-16)21(17-12-14-30-15-13-17)23(31-25)18-6-10-20(29)11-7-18/h4-15H,3H2,1-2H3. The van der Waals surface area contributed by atoms with Crippen LogP contribution < -0.4 is 0 Å². The van der Waals surface area contributed by atoms with E-state index in [4.69, 9.17) is 9.72 Å². The van der Waals surface area contributed by atoms with Crippen LogP contribution in [0.25, 0.3) is 44.7 Å². The number of pyridine rings is 2. The lowest BCUT2D eigenvalue weighted by atomic mass is 9.90. The molecule has 0 aliphatic rings. The van der Waals surface area contributed by atoms with Crippen molar-refractivity contribution in [1.82, 2.24) is 19.5 Å². The second-order valence-corrected chi connectivity index (χ2v) is 7.85. The van der Waals surface area contributed by atoms with E-state index in [9.17, 15) is 13.6 Å². The topological polar surface area (TPSA) is 69.9 Å². The Balaban J connectivity index is 1.95. The highest BCUT2D eigenvalue weighted by atomic mass is 19.1. The quantitative estimate of drug-likeness (QED) is 0.303. The fourth-order valence-corrected chi connectivity index (χ4v) is 4.13. The van der Waals surface area contributed by atoms with E-state index in [-0.39, 0.29) is 24.1 Å². The van der Waals surface area contributed by atoms with Gasteiger partial charge >= 0.3 is 5.97 Å². The van der Waals surface area contributed by atoms with Crippen LogP contribution >= 0.6 is 0 Å². The zero-order valence-corrected chi connectivity index (χ0v) is 19.0. The third-order valence-corrected chi connectivity index (χ3v) is 5.70. The minimum atomic E-state index is -0.577. The van der Waals surface area contributed by atoms with Crippen LogP contribution in [0.2, 0.25) is 0 Å². The first-order chi connectivity index (χ1) is 17.0. The Bertz CT molecular complexity index is 1530. The average molecular weight is 470 g/mol. The van der Waals surface area contributed by atoms with Crippen LogP contribution in [-0.4, -0.2) is 32.1 Å². The molecule has 0 saturated heterocycles. The molecule has 0 radical (unpaired) electrons. The number of benzene rings is 2. The molecule has 0 atom stereocenters. The zero-order chi connectivity index (χ0) is 24.5. The summed E-state index contributed by atoms with van der Waals surface area (Å²) >= 11 is 0. The first-order valence-electron chi connectivity index (χ1n) is 11.0. The number of rotatable bonds is 5. The molecule has 2 aromatic carbocycles. The Labute approximate surface area is 199 Å². The summed E-state index contributed by atoms with van der Waals surface area (Å²) in [6.07, 6.45) is 3.32. The lowest BCUT2D eigenvalue weighted by Gasteiger charge is -2.17. The van der Waals surface area contributed by atoms with Crippen LogP contribution in [0.4, 0.5) is 8.78 Å². The number of esters is 1. The molecule has 174 valence electrons. The summed E-state index contributed by atoms with van der Waals surface area (Å²) in [5.74, 6) is -1.23.